The highest BCUT2D eigenvalue weighted by molar-refractivity contribution is 7.99. The fourth-order valence-corrected chi connectivity index (χ4v) is 4.09. The lowest BCUT2D eigenvalue weighted by atomic mass is 10.2. The van der Waals surface area contributed by atoms with Crippen molar-refractivity contribution in [3.05, 3.63) is 41.6 Å². The minimum absolute atomic E-state index is 0.564. The van der Waals surface area contributed by atoms with Gasteiger partial charge < -0.3 is 10.2 Å². The van der Waals surface area contributed by atoms with Gasteiger partial charge >= 0.3 is 0 Å². The van der Waals surface area contributed by atoms with E-state index in [0.717, 1.165) is 30.4 Å². The maximum absolute atomic E-state index is 6.24. The molecule has 3 rings (SSSR count). The molecule has 0 bridgehead atoms. The first-order valence-corrected chi connectivity index (χ1v) is 9.78. The molecular weight excluding hydrogens is 338 g/mol. The van der Waals surface area contributed by atoms with E-state index < -0.39 is 0 Å². The highest BCUT2D eigenvalue weighted by Crippen LogP contribution is 2.47. The number of aromatic nitrogens is 1. The van der Waals surface area contributed by atoms with E-state index in [-0.39, 0.29) is 0 Å². The van der Waals surface area contributed by atoms with Crippen LogP contribution in [0.1, 0.15) is 33.1 Å². The summed E-state index contributed by atoms with van der Waals surface area (Å²) < 4.78 is 0. The minimum atomic E-state index is 0.564. The molecule has 0 aliphatic carbocycles. The standard InChI is InChI=1S/C19H24ClN3S/c1-14(2)21-10-4-3-5-12-23-16-13-15(20)8-9-17(16)24-18-7-6-11-22-19(18)23/h6-9,11,13-14,21H,3-5,10,12H2,1-2H3. The van der Waals surface area contributed by atoms with Crippen molar-refractivity contribution in [2.24, 2.45) is 0 Å². The quantitative estimate of drug-likeness (QED) is 0.658. The van der Waals surface area contributed by atoms with Gasteiger partial charge in [-0.3, -0.25) is 0 Å². The molecule has 3 nitrogen and oxygen atoms in total. The number of pyridine rings is 1. The minimum Gasteiger partial charge on any atom is -0.324 e. The van der Waals surface area contributed by atoms with Crippen LogP contribution in [0.5, 0.6) is 0 Å². The van der Waals surface area contributed by atoms with Crippen LogP contribution in [0.25, 0.3) is 0 Å². The molecule has 0 saturated heterocycles. The molecule has 0 radical (unpaired) electrons. The normalized spacial score (nSPS) is 13.1. The Labute approximate surface area is 153 Å². The van der Waals surface area contributed by atoms with E-state index >= 15 is 0 Å². The van der Waals surface area contributed by atoms with Gasteiger partial charge in [0.1, 0.15) is 5.82 Å². The summed E-state index contributed by atoms with van der Waals surface area (Å²) >= 11 is 8.01. The summed E-state index contributed by atoms with van der Waals surface area (Å²) in [4.78, 5) is 9.41. The van der Waals surface area contributed by atoms with E-state index in [1.54, 1.807) is 11.8 Å². The van der Waals surface area contributed by atoms with Crippen LogP contribution in [0.4, 0.5) is 11.5 Å². The second-order valence-corrected chi connectivity index (χ2v) is 7.88. The molecule has 5 heteroatoms. The molecule has 2 heterocycles. The Morgan fingerprint density at radius 1 is 1.17 bits per heavy atom. The summed E-state index contributed by atoms with van der Waals surface area (Å²) in [5, 5.41) is 4.25. The van der Waals surface area contributed by atoms with E-state index in [4.69, 9.17) is 11.6 Å². The van der Waals surface area contributed by atoms with E-state index in [2.05, 4.69) is 47.2 Å². The number of halogens is 1. The van der Waals surface area contributed by atoms with Crippen molar-refractivity contribution in [1.29, 1.82) is 0 Å². The summed E-state index contributed by atoms with van der Waals surface area (Å²) in [6, 6.07) is 10.8. The number of fused-ring (bicyclic) bond motifs is 2. The van der Waals surface area contributed by atoms with Crippen LogP contribution in [-0.2, 0) is 0 Å². The summed E-state index contributed by atoms with van der Waals surface area (Å²) in [5.41, 5.74) is 1.18. The van der Waals surface area contributed by atoms with Crippen LogP contribution in [0.2, 0.25) is 5.02 Å². The van der Waals surface area contributed by atoms with E-state index in [1.165, 1.54) is 28.3 Å². The first kappa shape index (κ1) is 17.6. The molecule has 24 heavy (non-hydrogen) atoms. The highest BCUT2D eigenvalue weighted by Gasteiger charge is 2.24. The largest absolute Gasteiger partial charge is 0.324 e. The Hall–Kier alpha value is -1.23. The fraction of sp³-hybridized carbons (Fsp3) is 0.421. The summed E-state index contributed by atoms with van der Waals surface area (Å²) in [7, 11) is 0. The Morgan fingerprint density at radius 3 is 2.88 bits per heavy atom. The molecule has 0 fully saturated rings. The van der Waals surface area contributed by atoms with Crippen LogP contribution in [0.15, 0.2) is 46.3 Å². The lowest BCUT2D eigenvalue weighted by Crippen LogP contribution is -2.25. The zero-order valence-electron chi connectivity index (χ0n) is 14.3. The number of nitrogens with one attached hydrogen (secondary N) is 1. The molecule has 1 aliphatic rings. The van der Waals surface area contributed by atoms with Gasteiger partial charge in [0.2, 0.25) is 0 Å². The van der Waals surface area contributed by atoms with Crippen LogP contribution in [-0.4, -0.2) is 24.1 Å². The first-order chi connectivity index (χ1) is 11.6. The third-order valence-corrected chi connectivity index (χ3v) is 5.39. The smallest absolute Gasteiger partial charge is 0.147 e. The monoisotopic (exact) mass is 361 g/mol. The molecule has 0 amide bonds. The molecule has 0 spiro atoms. The molecule has 0 unspecified atom stereocenters. The van der Waals surface area contributed by atoms with E-state index in [9.17, 15) is 0 Å². The Kier molecular flexibility index (Phi) is 6.04. The summed E-state index contributed by atoms with van der Waals surface area (Å²) in [5.74, 6) is 1.05. The second-order valence-electron chi connectivity index (χ2n) is 6.36. The zero-order valence-corrected chi connectivity index (χ0v) is 15.8. The zero-order chi connectivity index (χ0) is 16.9. The lowest BCUT2D eigenvalue weighted by molar-refractivity contribution is 0.549. The molecule has 128 valence electrons. The summed E-state index contributed by atoms with van der Waals surface area (Å²) in [6.45, 7) is 6.44. The predicted molar refractivity (Wildman–Crippen MR) is 104 cm³/mol. The number of hydrogen-bond donors (Lipinski definition) is 1. The number of benzene rings is 1. The first-order valence-electron chi connectivity index (χ1n) is 8.58. The Morgan fingerprint density at radius 2 is 2.04 bits per heavy atom. The molecule has 0 atom stereocenters. The average Bonchev–Trinajstić information content (AvgIpc) is 2.57. The van der Waals surface area contributed by atoms with Gasteiger partial charge in [0.15, 0.2) is 0 Å². The summed E-state index contributed by atoms with van der Waals surface area (Å²) in [6.07, 6.45) is 5.43. The molecule has 1 aromatic carbocycles. The fourth-order valence-electron chi connectivity index (χ4n) is 2.87. The van der Waals surface area contributed by atoms with Crippen LogP contribution >= 0.6 is 23.4 Å². The van der Waals surface area contributed by atoms with Crippen molar-refractivity contribution in [3.63, 3.8) is 0 Å². The van der Waals surface area contributed by atoms with Crippen molar-refractivity contribution in [2.45, 2.75) is 48.9 Å². The number of hydrogen-bond acceptors (Lipinski definition) is 4. The van der Waals surface area contributed by atoms with Crippen molar-refractivity contribution in [2.75, 3.05) is 18.0 Å². The third-order valence-electron chi connectivity index (χ3n) is 4.05. The van der Waals surface area contributed by atoms with Crippen LogP contribution < -0.4 is 10.2 Å². The van der Waals surface area contributed by atoms with Crippen molar-refractivity contribution < 1.29 is 0 Å². The number of anilines is 2. The number of nitrogens with zero attached hydrogens (tertiary/aromatic N) is 2. The van der Waals surface area contributed by atoms with Crippen molar-refractivity contribution in [3.8, 4) is 0 Å². The van der Waals surface area contributed by atoms with Gasteiger partial charge in [-0.25, -0.2) is 4.98 Å². The molecule has 1 aliphatic heterocycles. The molecular formula is C19H24ClN3S. The van der Waals surface area contributed by atoms with Gasteiger partial charge in [0.25, 0.3) is 0 Å². The highest BCUT2D eigenvalue weighted by atomic mass is 35.5. The van der Waals surface area contributed by atoms with Gasteiger partial charge in [-0.1, -0.05) is 43.6 Å². The topological polar surface area (TPSA) is 28.2 Å². The van der Waals surface area contributed by atoms with E-state index in [0.29, 0.717) is 6.04 Å². The molecule has 0 saturated carbocycles. The van der Waals surface area contributed by atoms with Crippen molar-refractivity contribution in [1.82, 2.24) is 10.3 Å². The Balaban J connectivity index is 1.69. The van der Waals surface area contributed by atoms with Gasteiger partial charge in [-0.15, -0.1) is 0 Å². The number of unbranched alkanes of at least 4 members (excludes halogenated alkanes) is 2. The SMILES string of the molecule is CC(C)NCCCCCN1c2cc(Cl)ccc2Sc2cccnc21. The molecule has 2 aromatic rings. The number of rotatable bonds is 7. The maximum atomic E-state index is 6.24. The van der Waals surface area contributed by atoms with Gasteiger partial charge in [-0.2, -0.15) is 0 Å². The second kappa shape index (κ2) is 8.24. The lowest BCUT2D eigenvalue weighted by Gasteiger charge is -2.31. The molecule has 1 aromatic heterocycles. The van der Waals surface area contributed by atoms with Crippen LogP contribution in [0, 0.1) is 0 Å². The Bertz CT molecular complexity index is 690. The van der Waals surface area contributed by atoms with Crippen molar-refractivity contribution >= 4 is 34.9 Å². The van der Waals surface area contributed by atoms with Gasteiger partial charge in [-0.05, 0) is 49.7 Å². The van der Waals surface area contributed by atoms with Crippen LogP contribution in [0.3, 0.4) is 0 Å². The average molecular weight is 362 g/mol. The predicted octanol–water partition coefficient (Wildman–Crippen LogP) is 5.51. The van der Waals surface area contributed by atoms with E-state index in [1.807, 2.05) is 18.3 Å². The van der Waals surface area contributed by atoms with Gasteiger partial charge in [0, 0.05) is 28.7 Å². The molecule has 1 N–H and O–H groups in total. The maximum Gasteiger partial charge on any atom is 0.147 e. The van der Waals surface area contributed by atoms with Gasteiger partial charge in [0.05, 0.1) is 10.6 Å². The third kappa shape index (κ3) is 4.24.